The van der Waals surface area contributed by atoms with Crippen molar-refractivity contribution in [3.8, 4) is 11.3 Å². The number of anilines is 2. The minimum Gasteiger partial charge on any atom is -0.341 e. The highest BCUT2D eigenvalue weighted by Crippen LogP contribution is 2.42. The van der Waals surface area contributed by atoms with Crippen LogP contribution in [0.4, 0.5) is 11.1 Å². The summed E-state index contributed by atoms with van der Waals surface area (Å²) in [6.45, 7) is 6.29. The van der Waals surface area contributed by atoms with Gasteiger partial charge in [-0.3, -0.25) is 9.36 Å². The Morgan fingerprint density at radius 2 is 1.91 bits per heavy atom. The molecule has 1 saturated heterocycles. The van der Waals surface area contributed by atoms with Crippen LogP contribution in [0.25, 0.3) is 11.3 Å². The molecule has 1 aliphatic carbocycles. The molecule has 1 amide bonds. The van der Waals surface area contributed by atoms with Crippen molar-refractivity contribution >= 4 is 40.1 Å². The first-order chi connectivity index (χ1) is 15.6. The molecule has 3 heterocycles. The molecule has 168 valence electrons. The van der Waals surface area contributed by atoms with Crippen LogP contribution in [-0.4, -0.2) is 44.0 Å². The minimum atomic E-state index is -0.296. The topological polar surface area (TPSA) is 75.9 Å². The number of rotatable bonds is 7. The van der Waals surface area contributed by atoms with Gasteiger partial charge in [0.25, 0.3) is 0 Å². The van der Waals surface area contributed by atoms with Gasteiger partial charge in [-0.2, -0.15) is 0 Å². The molecule has 2 fully saturated rings. The van der Waals surface area contributed by atoms with Crippen molar-refractivity contribution in [3.05, 3.63) is 35.7 Å². The molecule has 0 spiro atoms. The van der Waals surface area contributed by atoms with Gasteiger partial charge in [-0.25, -0.2) is 4.98 Å². The molecule has 0 radical (unpaired) electrons. The number of nitrogens with one attached hydrogen (secondary N) is 1. The second-order valence-electron chi connectivity index (χ2n) is 8.71. The summed E-state index contributed by atoms with van der Waals surface area (Å²) < 4.78 is 2.27. The number of thioether (sulfide) groups is 1. The lowest BCUT2D eigenvalue weighted by molar-refractivity contribution is -0.115. The number of carbonyl (C=O) groups excluding carboxylic acids is 1. The zero-order valence-electron chi connectivity index (χ0n) is 18.4. The molecule has 9 heteroatoms. The number of piperidine rings is 1. The largest absolute Gasteiger partial charge is 0.341 e. The lowest BCUT2D eigenvalue weighted by atomic mass is 10.00. The molecular weight excluding hydrogens is 440 g/mol. The maximum absolute atomic E-state index is 12.9. The highest BCUT2D eigenvalue weighted by atomic mass is 32.2. The van der Waals surface area contributed by atoms with E-state index in [2.05, 4.69) is 36.9 Å². The van der Waals surface area contributed by atoms with Crippen LogP contribution in [0.3, 0.4) is 0 Å². The average molecular weight is 469 g/mol. The summed E-state index contributed by atoms with van der Waals surface area (Å²) in [5.41, 5.74) is 1.92. The quantitative estimate of drug-likeness (QED) is 0.487. The molecule has 1 unspecified atom stereocenters. The monoisotopic (exact) mass is 468 g/mol. The van der Waals surface area contributed by atoms with Gasteiger partial charge in [-0.1, -0.05) is 49.0 Å². The highest BCUT2D eigenvalue weighted by Gasteiger charge is 2.33. The second-order valence-corrected chi connectivity index (χ2v) is 10.9. The minimum absolute atomic E-state index is 0.0670. The summed E-state index contributed by atoms with van der Waals surface area (Å²) in [7, 11) is 0. The first-order valence-electron chi connectivity index (χ1n) is 11.3. The van der Waals surface area contributed by atoms with E-state index in [0.717, 1.165) is 54.2 Å². The van der Waals surface area contributed by atoms with Gasteiger partial charge in [0.1, 0.15) is 0 Å². The van der Waals surface area contributed by atoms with Crippen LogP contribution in [-0.2, 0) is 4.79 Å². The van der Waals surface area contributed by atoms with Crippen molar-refractivity contribution in [3.63, 3.8) is 0 Å². The van der Waals surface area contributed by atoms with Gasteiger partial charge in [0.05, 0.1) is 10.9 Å². The van der Waals surface area contributed by atoms with Crippen molar-refractivity contribution in [1.82, 2.24) is 19.7 Å². The molecule has 1 atom stereocenters. The Morgan fingerprint density at radius 1 is 1.16 bits per heavy atom. The number of thiazole rings is 1. The summed E-state index contributed by atoms with van der Waals surface area (Å²) in [5, 5.41) is 15.1. The summed E-state index contributed by atoms with van der Waals surface area (Å²) in [6.07, 6.45) is 4.70. The van der Waals surface area contributed by atoms with Crippen molar-refractivity contribution in [2.75, 3.05) is 23.3 Å². The lowest BCUT2D eigenvalue weighted by Crippen LogP contribution is -2.34. The smallest absolute Gasteiger partial charge is 0.239 e. The fraction of sp³-hybridized carbons (Fsp3) is 0.478. The van der Waals surface area contributed by atoms with Gasteiger partial charge in [-0.05, 0) is 38.5 Å². The average Bonchev–Trinajstić information content (AvgIpc) is 3.39. The Kier molecular flexibility index (Phi) is 6.19. The van der Waals surface area contributed by atoms with Crippen LogP contribution >= 0.6 is 23.1 Å². The van der Waals surface area contributed by atoms with Gasteiger partial charge in [0.15, 0.2) is 10.3 Å². The van der Waals surface area contributed by atoms with Gasteiger partial charge in [0.2, 0.25) is 11.9 Å². The molecule has 1 aromatic carbocycles. The first-order valence-corrected chi connectivity index (χ1v) is 13.0. The van der Waals surface area contributed by atoms with Crippen molar-refractivity contribution in [1.29, 1.82) is 0 Å². The Morgan fingerprint density at radius 3 is 2.62 bits per heavy atom. The van der Waals surface area contributed by atoms with Crippen LogP contribution < -0.4 is 10.2 Å². The molecule has 2 aliphatic rings. The number of carbonyl (C=O) groups is 1. The third-order valence-electron chi connectivity index (χ3n) is 6.08. The molecule has 7 nitrogen and oxygen atoms in total. The predicted molar refractivity (Wildman–Crippen MR) is 130 cm³/mol. The SMILES string of the molecule is CC1CCN(c2nnc(SC(C)C(=O)Nc3nc(-c4ccccc4)cs3)n2C2CC2)CC1. The third kappa shape index (κ3) is 4.68. The molecule has 1 N–H and O–H groups in total. The number of nitrogens with zero attached hydrogens (tertiary/aromatic N) is 5. The summed E-state index contributed by atoms with van der Waals surface area (Å²) in [6, 6.07) is 10.5. The fourth-order valence-electron chi connectivity index (χ4n) is 3.92. The first kappa shape index (κ1) is 21.5. The normalized spacial score (nSPS) is 18.0. The molecule has 1 saturated carbocycles. The molecule has 5 rings (SSSR count). The number of benzene rings is 1. The fourth-order valence-corrected chi connectivity index (χ4v) is 5.55. The van der Waals surface area contributed by atoms with Crippen molar-refractivity contribution in [2.45, 2.75) is 56.0 Å². The van der Waals surface area contributed by atoms with E-state index in [-0.39, 0.29) is 11.2 Å². The van der Waals surface area contributed by atoms with E-state index in [1.165, 1.54) is 35.9 Å². The summed E-state index contributed by atoms with van der Waals surface area (Å²) >= 11 is 2.93. The number of amides is 1. The molecule has 32 heavy (non-hydrogen) atoms. The van der Waals surface area contributed by atoms with Crippen molar-refractivity contribution < 1.29 is 4.79 Å². The van der Waals surface area contributed by atoms with Gasteiger partial charge >= 0.3 is 0 Å². The molecule has 0 bridgehead atoms. The Bertz CT molecular complexity index is 1070. The predicted octanol–water partition coefficient (Wildman–Crippen LogP) is 5.09. The van der Waals surface area contributed by atoms with Gasteiger partial charge < -0.3 is 10.2 Å². The van der Waals surface area contributed by atoms with Crippen LogP contribution in [0.5, 0.6) is 0 Å². The summed E-state index contributed by atoms with van der Waals surface area (Å²) in [4.78, 5) is 19.8. The second kappa shape index (κ2) is 9.23. The molecule has 2 aromatic heterocycles. The Labute approximate surface area is 196 Å². The van der Waals surface area contributed by atoms with Crippen LogP contribution in [0.1, 0.15) is 45.6 Å². The van der Waals surface area contributed by atoms with Crippen LogP contribution in [0, 0.1) is 5.92 Å². The van der Waals surface area contributed by atoms with E-state index >= 15 is 0 Å². The third-order valence-corrected chi connectivity index (χ3v) is 7.89. The zero-order valence-corrected chi connectivity index (χ0v) is 20.0. The van der Waals surface area contributed by atoms with Gasteiger partial charge in [-0.15, -0.1) is 21.5 Å². The number of hydrogen-bond donors (Lipinski definition) is 1. The highest BCUT2D eigenvalue weighted by molar-refractivity contribution is 8.00. The maximum atomic E-state index is 12.9. The Hall–Kier alpha value is -2.39. The molecule has 1 aliphatic heterocycles. The zero-order chi connectivity index (χ0) is 22.1. The molecule has 3 aromatic rings. The van der Waals surface area contributed by atoms with E-state index in [9.17, 15) is 4.79 Å². The van der Waals surface area contributed by atoms with Crippen LogP contribution in [0.2, 0.25) is 0 Å². The standard InChI is InChI=1S/C23H28N6OS2/c1-15-10-12-28(13-11-15)22-26-27-23(29(22)18-8-9-18)32-16(2)20(30)25-21-24-19(14-31-21)17-6-4-3-5-7-17/h3-7,14-16,18H,8-13H2,1-2H3,(H,24,25,30). The summed E-state index contributed by atoms with van der Waals surface area (Å²) in [5.74, 6) is 1.68. The molecular formula is C23H28N6OS2. The maximum Gasteiger partial charge on any atom is 0.239 e. The number of hydrogen-bond acceptors (Lipinski definition) is 7. The van der Waals surface area contributed by atoms with Crippen LogP contribution in [0.15, 0.2) is 40.9 Å². The van der Waals surface area contributed by atoms with E-state index in [1.54, 1.807) is 0 Å². The van der Waals surface area contributed by atoms with E-state index in [4.69, 9.17) is 0 Å². The lowest BCUT2D eigenvalue weighted by Gasteiger charge is -2.31. The van der Waals surface area contributed by atoms with E-state index < -0.39 is 0 Å². The number of aromatic nitrogens is 4. The van der Waals surface area contributed by atoms with Crippen molar-refractivity contribution in [2.24, 2.45) is 5.92 Å². The van der Waals surface area contributed by atoms with Gasteiger partial charge in [0, 0.05) is 30.1 Å². The van der Waals surface area contributed by atoms with E-state index in [0.29, 0.717) is 11.2 Å². The Balaban J connectivity index is 1.25. The van der Waals surface area contributed by atoms with E-state index in [1.807, 2.05) is 42.6 Å².